The molecule has 0 saturated carbocycles. The number of hydrogen-bond acceptors (Lipinski definition) is 4. The molecule has 0 bridgehead atoms. The van der Waals surface area contributed by atoms with Gasteiger partial charge in [-0.2, -0.15) is 0 Å². The molecule has 0 spiro atoms. The molecule has 0 N–H and O–H groups in total. The van der Waals surface area contributed by atoms with Crippen LogP contribution in [0.4, 0.5) is 0 Å². The minimum absolute atomic E-state index is 0.392. The Morgan fingerprint density at radius 2 is 2.18 bits per heavy atom. The van der Waals surface area contributed by atoms with Gasteiger partial charge in [-0.3, -0.25) is 0 Å². The lowest BCUT2D eigenvalue weighted by Crippen LogP contribution is -1.97. The van der Waals surface area contributed by atoms with Crippen LogP contribution in [0, 0.1) is 0 Å². The molecule has 88 valence electrons. The van der Waals surface area contributed by atoms with E-state index in [4.69, 9.17) is 21.1 Å². The van der Waals surface area contributed by atoms with E-state index < -0.39 is 0 Å². The first-order valence-electron chi connectivity index (χ1n) is 4.98. The quantitative estimate of drug-likeness (QED) is 0.618. The maximum absolute atomic E-state index is 5.98. The summed E-state index contributed by atoms with van der Waals surface area (Å²) in [5, 5.41) is 1.13. The van der Waals surface area contributed by atoms with Crippen LogP contribution in [0.25, 0.3) is 10.9 Å². The molecule has 0 amide bonds. The molecule has 1 heterocycles. The molecule has 4 nitrogen and oxygen atoms in total. The first-order valence-corrected chi connectivity index (χ1v) is 5.36. The van der Waals surface area contributed by atoms with Crippen LogP contribution in [0.2, 0.25) is 5.15 Å². The number of aromatic nitrogens is 2. The fraction of sp³-hybridized carbons (Fsp3) is 0.167. The molecular weight excluding hydrogens is 240 g/mol. The van der Waals surface area contributed by atoms with Crippen molar-refractivity contribution in [2.45, 2.75) is 0 Å². The summed E-state index contributed by atoms with van der Waals surface area (Å²) >= 11 is 5.98. The number of fused-ring (bicyclic) bond motifs is 1. The van der Waals surface area contributed by atoms with Crippen molar-refractivity contribution in [3.8, 4) is 11.5 Å². The van der Waals surface area contributed by atoms with Gasteiger partial charge in [0.2, 0.25) is 0 Å². The summed E-state index contributed by atoms with van der Waals surface area (Å²) in [6.07, 6.45) is 3.07. The van der Waals surface area contributed by atoms with E-state index >= 15 is 0 Å². The number of ether oxygens (including phenoxy) is 2. The average Bonchev–Trinajstić information content (AvgIpc) is 2.36. The molecule has 0 radical (unpaired) electrons. The van der Waals surface area contributed by atoms with Crippen LogP contribution in [0.1, 0.15) is 0 Å². The Morgan fingerprint density at radius 3 is 2.88 bits per heavy atom. The van der Waals surface area contributed by atoms with Crippen LogP contribution < -0.4 is 9.47 Å². The summed E-state index contributed by atoms with van der Waals surface area (Å²) in [7, 11) is 1.57. The van der Waals surface area contributed by atoms with E-state index in [1.165, 1.54) is 6.33 Å². The molecule has 2 aromatic rings. The molecule has 0 aliphatic carbocycles. The van der Waals surface area contributed by atoms with Crippen molar-refractivity contribution in [1.82, 2.24) is 9.97 Å². The van der Waals surface area contributed by atoms with Crippen molar-refractivity contribution in [3.63, 3.8) is 0 Å². The summed E-state index contributed by atoms with van der Waals surface area (Å²) in [5.41, 5.74) is 0.713. The van der Waals surface area contributed by atoms with Crippen molar-refractivity contribution in [2.75, 3.05) is 13.7 Å². The van der Waals surface area contributed by atoms with Crippen molar-refractivity contribution < 1.29 is 9.47 Å². The van der Waals surface area contributed by atoms with Gasteiger partial charge in [-0.05, 0) is 6.07 Å². The Labute approximate surface area is 104 Å². The first kappa shape index (κ1) is 11.7. The van der Waals surface area contributed by atoms with E-state index in [1.54, 1.807) is 25.3 Å². The smallest absolute Gasteiger partial charge is 0.163 e. The van der Waals surface area contributed by atoms with Crippen molar-refractivity contribution in [2.24, 2.45) is 0 Å². The summed E-state index contributed by atoms with van der Waals surface area (Å²) in [4.78, 5) is 8.05. The van der Waals surface area contributed by atoms with E-state index in [2.05, 4.69) is 16.5 Å². The third-order valence-corrected chi connectivity index (χ3v) is 2.53. The number of rotatable bonds is 4. The molecule has 1 aromatic carbocycles. The molecule has 0 unspecified atom stereocenters. The molecule has 0 aliphatic rings. The van der Waals surface area contributed by atoms with E-state index in [0.29, 0.717) is 28.8 Å². The minimum atomic E-state index is 0.392. The molecule has 17 heavy (non-hydrogen) atoms. The van der Waals surface area contributed by atoms with Gasteiger partial charge in [0.1, 0.15) is 18.1 Å². The van der Waals surface area contributed by atoms with E-state index in [9.17, 15) is 0 Å². The lowest BCUT2D eigenvalue weighted by molar-refractivity contribution is 0.327. The number of benzene rings is 1. The molecule has 5 heteroatoms. The maximum Gasteiger partial charge on any atom is 0.163 e. The van der Waals surface area contributed by atoms with Gasteiger partial charge in [0, 0.05) is 11.5 Å². The lowest BCUT2D eigenvalue weighted by Gasteiger charge is -2.10. The molecular formula is C12H11ClN2O2. The highest BCUT2D eigenvalue weighted by molar-refractivity contribution is 6.34. The van der Waals surface area contributed by atoms with Gasteiger partial charge < -0.3 is 9.47 Å². The Morgan fingerprint density at radius 1 is 1.35 bits per heavy atom. The molecule has 0 fully saturated rings. The third kappa shape index (κ3) is 2.31. The van der Waals surface area contributed by atoms with Crippen LogP contribution >= 0.6 is 11.6 Å². The van der Waals surface area contributed by atoms with Gasteiger partial charge in [-0.25, -0.2) is 9.97 Å². The summed E-state index contributed by atoms with van der Waals surface area (Å²) < 4.78 is 10.7. The second-order valence-electron chi connectivity index (χ2n) is 3.28. The zero-order chi connectivity index (χ0) is 12.3. The van der Waals surface area contributed by atoms with Gasteiger partial charge in [0.25, 0.3) is 0 Å². The zero-order valence-corrected chi connectivity index (χ0v) is 10.1. The first-order chi connectivity index (χ1) is 8.26. The second kappa shape index (κ2) is 5.01. The fourth-order valence-electron chi connectivity index (χ4n) is 1.45. The van der Waals surface area contributed by atoms with Gasteiger partial charge in [0.15, 0.2) is 11.5 Å². The van der Waals surface area contributed by atoms with Crippen molar-refractivity contribution in [1.29, 1.82) is 0 Å². The fourth-order valence-corrected chi connectivity index (χ4v) is 1.65. The molecule has 2 rings (SSSR count). The van der Waals surface area contributed by atoms with E-state index in [-0.39, 0.29) is 0 Å². The Hall–Kier alpha value is -1.81. The zero-order valence-electron chi connectivity index (χ0n) is 9.31. The summed E-state index contributed by atoms with van der Waals surface area (Å²) in [6, 6.07) is 3.53. The monoisotopic (exact) mass is 250 g/mol. The normalized spacial score (nSPS) is 10.2. The number of nitrogens with zero attached hydrogens (tertiary/aromatic N) is 2. The minimum Gasteiger partial charge on any atom is -0.493 e. The van der Waals surface area contributed by atoms with E-state index in [0.717, 1.165) is 5.39 Å². The van der Waals surface area contributed by atoms with Crippen LogP contribution in [0.3, 0.4) is 0 Å². The summed E-state index contributed by atoms with van der Waals surface area (Å²) in [5.74, 6) is 1.20. The molecule has 0 atom stereocenters. The van der Waals surface area contributed by atoms with Crippen molar-refractivity contribution in [3.05, 3.63) is 36.3 Å². The third-order valence-electron chi connectivity index (χ3n) is 2.23. The van der Waals surface area contributed by atoms with Gasteiger partial charge >= 0.3 is 0 Å². The van der Waals surface area contributed by atoms with Crippen molar-refractivity contribution >= 4 is 22.5 Å². The Balaban J connectivity index is 2.56. The Kier molecular flexibility index (Phi) is 3.44. The highest BCUT2D eigenvalue weighted by atomic mass is 35.5. The number of halogens is 1. The highest BCUT2D eigenvalue weighted by Crippen LogP contribution is 2.33. The Bertz CT molecular complexity index is 557. The van der Waals surface area contributed by atoms with Gasteiger partial charge in [0.05, 0.1) is 12.6 Å². The summed E-state index contributed by atoms with van der Waals surface area (Å²) in [6.45, 7) is 4.00. The van der Waals surface area contributed by atoms with Crippen LogP contribution in [0.5, 0.6) is 11.5 Å². The van der Waals surface area contributed by atoms with Crippen LogP contribution in [0.15, 0.2) is 31.1 Å². The standard InChI is InChI=1S/C12H11ClN2O2/c1-3-4-17-11-6-9-8(5-10(11)16-2)12(13)15-7-14-9/h3,5-7H,1,4H2,2H3. The average molecular weight is 251 g/mol. The van der Waals surface area contributed by atoms with E-state index in [1.807, 2.05) is 0 Å². The largest absolute Gasteiger partial charge is 0.493 e. The molecule has 0 aliphatic heterocycles. The number of methoxy groups -OCH3 is 1. The predicted octanol–water partition coefficient (Wildman–Crippen LogP) is 2.86. The second-order valence-corrected chi connectivity index (χ2v) is 3.64. The number of hydrogen-bond donors (Lipinski definition) is 0. The van der Waals surface area contributed by atoms with Gasteiger partial charge in [-0.1, -0.05) is 24.3 Å². The predicted molar refractivity (Wildman–Crippen MR) is 66.8 cm³/mol. The van der Waals surface area contributed by atoms with Gasteiger partial charge in [-0.15, -0.1) is 0 Å². The lowest BCUT2D eigenvalue weighted by atomic mass is 10.2. The van der Waals surface area contributed by atoms with Crippen LogP contribution in [-0.2, 0) is 0 Å². The SMILES string of the molecule is C=CCOc1cc2ncnc(Cl)c2cc1OC. The topological polar surface area (TPSA) is 44.2 Å². The maximum atomic E-state index is 5.98. The highest BCUT2D eigenvalue weighted by Gasteiger charge is 2.09. The molecule has 1 aromatic heterocycles. The van der Waals surface area contributed by atoms with Crippen LogP contribution in [-0.4, -0.2) is 23.7 Å². The molecule has 0 saturated heterocycles.